The predicted octanol–water partition coefficient (Wildman–Crippen LogP) is 1.72. The van der Waals surface area contributed by atoms with Crippen LogP contribution in [0.3, 0.4) is 0 Å². The van der Waals surface area contributed by atoms with Crippen LogP contribution in [-0.2, 0) is 0 Å². The van der Waals surface area contributed by atoms with Crippen molar-refractivity contribution in [2.75, 3.05) is 11.4 Å². The molecule has 1 aromatic heterocycles. The molecule has 106 valence electrons. The molecule has 6 nitrogen and oxygen atoms in total. The number of nitrogens with two attached hydrogens (primary N) is 1. The van der Waals surface area contributed by atoms with Gasteiger partial charge in [0.2, 0.25) is 5.95 Å². The van der Waals surface area contributed by atoms with Crippen molar-refractivity contribution in [3.63, 3.8) is 0 Å². The summed E-state index contributed by atoms with van der Waals surface area (Å²) < 4.78 is 0. The number of hydrogen-bond acceptors (Lipinski definition) is 4. The van der Waals surface area contributed by atoms with Gasteiger partial charge in [-0.1, -0.05) is 6.58 Å². The highest BCUT2D eigenvalue weighted by Crippen LogP contribution is 2.31. The minimum atomic E-state index is 0.0367. The van der Waals surface area contributed by atoms with E-state index in [0.29, 0.717) is 11.5 Å². The zero-order valence-corrected chi connectivity index (χ0v) is 11.9. The van der Waals surface area contributed by atoms with Gasteiger partial charge in [0.1, 0.15) is 5.84 Å². The number of rotatable bonds is 3. The van der Waals surface area contributed by atoms with Gasteiger partial charge in [-0.15, -0.1) is 0 Å². The van der Waals surface area contributed by atoms with Crippen molar-refractivity contribution < 1.29 is 0 Å². The van der Waals surface area contributed by atoms with Crippen LogP contribution >= 0.6 is 0 Å². The maximum absolute atomic E-state index is 7.81. The molecule has 0 unspecified atom stereocenters. The average Bonchev–Trinajstić information content (AvgIpc) is 2.78. The second-order valence-electron chi connectivity index (χ2n) is 5.43. The van der Waals surface area contributed by atoms with Gasteiger partial charge in [-0.25, -0.2) is 15.0 Å². The van der Waals surface area contributed by atoms with Crippen LogP contribution in [0.1, 0.15) is 32.3 Å². The van der Waals surface area contributed by atoms with Crippen LogP contribution in [0.25, 0.3) is 0 Å². The molecule has 1 aromatic rings. The number of nitrogens with zero attached hydrogens (tertiary/aromatic N) is 4. The van der Waals surface area contributed by atoms with Gasteiger partial charge in [0.25, 0.3) is 0 Å². The lowest BCUT2D eigenvalue weighted by Crippen LogP contribution is -2.39. The Morgan fingerprint density at radius 2 is 2.15 bits per heavy atom. The standard InChI is InChI=1S/C14H20N6/c1-4-11(15)19-12(16)10-8-17-13(18-9-10)20-7-5-6-14(20,2)3/h4,8-9H,1,5-7H2,2-3H3,(H3,15,16,19). The molecule has 0 saturated carbocycles. The third kappa shape index (κ3) is 2.84. The number of nitrogens with one attached hydrogen (secondary N) is 1. The summed E-state index contributed by atoms with van der Waals surface area (Å²) in [7, 11) is 0. The lowest BCUT2D eigenvalue weighted by atomic mass is 10.0. The van der Waals surface area contributed by atoms with Crippen LogP contribution in [0.2, 0.25) is 0 Å². The van der Waals surface area contributed by atoms with E-state index in [1.54, 1.807) is 12.4 Å². The van der Waals surface area contributed by atoms with Crippen molar-refractivity contribution >= 4 is 17.6 Å². The third-order valence-electron chi connectivity index (χ3n) is 3.50. The molecule has 1 aliphatic heterocycles. The number of aliphatic imine (C=N–C) groups is 1. The van der Waals surface area contributed by atoms with Gasteiger partial charge in [-0.2, -0.15) is 0 Å². The van der Waals surface area contributed by atoms with Crippen molar-refractivity contribution in [2.24, 2.45) is 10.7 Å². The van der Waals surface area contributed by atoms with Gasteiger partial charge in [0, 0.05) is 24.5 Å². The van der Waals surface area contributed by atoms with Crippen LogP contribution in [0.5, 0.6) is 0 Å². The molecule has 2 rings (SSSR count). The third-order valence-corrected chi connectivity index (χ3v) is 3.50. The first kappa shape index (κ1) is 14.2. The van der Waals surface area contributed by atoms with Crippen molar-refractivity contribution in [1.29, 1.82) is 5.41 Å². The summed E-state index contributed by atoms with van der Waals surface area (Å²) in [6.45, 7) is 8.84. The largest absolute Gasteiger partial charge is 0.384 e. The number of aromatic nitrogens is 2. The molecule has 1 aliphatic rings. The summed E-state index contributed by atoms with van der Waals surface area (Å²) >= 11 is 0. The Hall–Kier alpha value is -2.24. The zero-order valence-electron chi connectivity index (χ0n) is 11.9. The Bertz CT molecular complexity index is 543. The maximum Gasteiger partial charge on any atom is 0.225 e. The van der Waals surface area contributed by atoms with Crippen molar-refractivity contribution in [3.8, 4) is 0 Å². The van der Waals surface area contributed by atoms with E-state index in [1.807, 2.05) is 0 Å². The fourth-order valence-corrected chi connectivity index (χ4v) is 2.30. The van der Waals surface area contributed by atoms with Crippen LogP contribution in [0, 0.1) is 5.41 Å². The lowest BCUT2D eigenvalue weighted by Gasteiger charge is -2.31. The molecular formula is C14H20N6. The molecule has 1 fully saturated rings. The average molecular weight is 272 g/mol. The first-order valence-electron chi connectivity index (χ1n) is 6.59. The summed E-state index contributed by atoms with van der Waals surface area (Å²) in [6, 6.07) is 0. The zero-order chi connectivity index (χ0) is 14.8. The van der Waals surface area contributed by atoms with Crippen LogP contribution in [0.15, 0.2) is 30.0 Å². The minimum Gasteiger partial charge on any atom is -0.384 e. The highest BCUT2D eigenvalue weighted by Gasteiger charge is 2.33. The van der Waals surface area contributed by atoms with Gasteiger partial charge in [0.15, 0.2) is 5.84 Å². The quantitative estimate of drug-likeness (QED) is 0.647. The first-order chi connectivity index (χ1) is 9.44. The fourth-order valence-electron chi connectivity index (χ4n) is 2.30. The van der Waals surface area contributed by atoms with Crippen molar-refractivity contribution in [3.05, 3.63) is 30.6 Å². The van der Waals surface area contributed by atoms with Gasteiger partial charge in [-0.05, 0) is 32.8 Å². The van der Waals surface area contributed by atoms with E-state index >= 15 is 0 Å². The van der Waals surface area contributed by atoms with E-state index < -0.39 is 0 Å². The molecule has 2 heterocycles. The summed E-state index contributed by atoms with van der Waals surface area (Å²) in [4.78, 5) is 14.8. The summed E-state index contributed by atoms with van der Waals surface area (Å²) in [5, 5.41) is 7.81. The predicted molar refractivity (Wildman–Crippen MR) is 81.3 cm³/mol. The van der Waals surface area contributed by atoms with E-state index in [2.05, 4.69) is 40.3 Å². The summed E-state index contributed by atoms with van der Waals surface area (Å²) in [5.41, 5.74) is 6.14. The molecule has 20 heavy (non-hydrogen) atoms. The van der Waals surface area contributed by atoms with Gasteiger partial charge in [0.05, 0.1) is 5.56 Å². The lowest BCUT2D eigenvalue weighted by molar-refractivity contribution is 0.510. The Balaban J connectivity index is 2.19. The van der Waals surface area contributed by atoms with E-state index in [-0.39, 0.29) is 17.2 Å². The molecule has 6 heteroatoms. The first-order valence-corrected chi connectivity index (χ1v) is 6.59. The molecule has 0 atom stereocenters. The number of amidine groups is 2. The Kier molecular flexibility index (Phi) is 3.83. The minimum absolute atomic E-state index is 0.0367. The highest BCUT2D eigenvalue weighted by atomic mass is 15.3. The van der Waals surface area contributed by atoms with E-state index in [0.717, 1.165) is 19.4 Å². The van der Waals surface area contributed by atoms with Crippen molar-refractivity contribution in [1.82, 2.24) is 9.97 Å². The Morgan fingerprint density at radius 1 is 1.50 bits per heavy atom. The molecular weight excluding hydrogens is 252 g/mol. The molecule has 0 spiro atoms. The normalized spacial score (nSPS) is 18.1. The molecule has 0 amide bonds. The topological polar surface area (TPSA) is 91.2 Å². The molecule has 0 bridgehead atoms. The second-order valence-corrected chi connectivity index (χ2v) is 5.43. The highest BCUT2D eigenvalue weighted by molar-refractivity contribution is 6.07. The second kappa shape index (κ2) is 5.40. The summed E-state index contributed by atoms with van der Waals surface area (Å²) in [6.07, 6.45) is 6.90. The molecule has 3 N–H and O–H groups in total. The van der Waals surface area contributed by atoms with E-state index in [9.17, 15) is 0 Å². The van der Waals surface area contributed by atoms with Gasteiger partial charge in [-0.3, -0.25) is 5.41 Å². The monoisotopic (exact) mass is 272 g/mol. The molecule has 0 aromatic carbocycles. The molecule has 0 radical (unpaired) electrons. The van der Waals surface area contributed by atoms with Crippen molar-refractivity contribution in [2.45, 2.75) is 32.2 Å². The Labute approximate surface area is 119 Å². The van der Waals surface area contributed by atoms with Gasteiger partial charge < -0.3 is 10.6 Å². The smallest absolute Gasteiger partial charge is 0.225 e. The maximum atomic E-state index is 7.81. The number of anilines is 1. The molecule has 1 saturated heterocycles. The molecule has 0 aliphatic carbocycles. The number of hydrogen-bond donors (Lipinski definition) is 2. The van der Waals surface area contributed by atoms with Crippen LogP contribution in [-0.4, -0.2) is 33.7 Å². The van der Waals surface area contributed by atoms with Gasteiger partial charge >= 0.3 is 0 Å². The Morgan fingerprint density at radius 3 is 2.65 bits per heavy atom. The fraction of sp³-hybridized carbons (Fsp3) is 0.429. The van der Waals surface area contributed by atoms with Crippen LogP contribution in [0.4, 0.5) is 5.95 Å². The van der Waals surface area contributed by atoms with Crippen LogP contribution < -0.4 is 10.6 Å². The van der Waals surface area contributed by atoms with E-state index in [1.165, 1.54) is 6.08 Å². The summed E-state index contributed by atoms with van der Waals surface area (Å²) in [5.74, 6) is 0.944. The SMILES string of the molecule is C=C/C(N)=N\C(=N)c1cnc(N2CCCC2(C)C)nc1. The van der Waals surface area contributed by atoms with E-state index in [4.69, 9.17) is 11.1 Å².